The second-order valence-electron chi connectivity index (χ2n) is 7.27. The molecule has 0 saturated carbocycles. The van der Waals surface area contributed by atoms with Crippen LogP contribution in [0.3, 0.4) is 0 Å². The third kappa shape index (κ3) is 6.49. The molecule has 2 saturated heterocycles. The first-order chi connectivity index (χ1) is 12.1. The first-order valence-electron chi connectivity index (χ1n) is 9.83. The fraction of sp³-hybridized carbons (Fsp3) is 0.762. The molecule has 4 nitrogen and oxygen atoms in total. The van der Waals surface area contributed by atoms with Gasteiger partial charge in [-0.3, -0.25) is 4.79 Å². The van der Waals surface area contributed by atoms with Crippen LogP contribution >= 0.6 is 0 Å². The summed E-state index contributed by atoms with van der Waals surface area (Å²) in [6, 6.07) is 0. The Kier molecular flexibility index (Phi) is 8.51. The number of allylic oxidation sites excluding steroid dienone is 2. The molecule has 2 rings (SSSR count). The summed E-state index contributed by atoms with van der Waals surface area (Å²) in [5, 5.41) is 18.7. The maximum absolute atomic E-state index is 10.5. The molecule has 2 N–H and O–H groups in total. The van der Waals surface area contributed by atoms with Crippen LogP contribution in [0.15, 0.2) is 12.2 Å². The van der Waals surface area contributed by atoms with Gasteiger partial charge < -0.3 is 14.9 Å². The first-order valence-corrected chi connectivity index (χ1v) is 9.83. The van der Waals surface area contributed by atoms with Gasteiger partial charge in [0.15, 0.2) is 0 Å². The zero-order valence-corrected chi connectivity index (χ0v) is 15.3. The number of aliphatic carboxylic acids is 1. The fourth-order valence-electron chi connectivity index (χ4n) is 3.87. The van der Waals surface area contributed by atoms with E-state index < -0.39 is 12.1 Å². The average Bonchev–Trinajstić information content (AvgIpc) is 3.17. The predicted octanol–water partition coefficient (Wildman–Crippen LogP) is 3.93. The van der Waals surface area contributed by atoms with E-state index in [9.17, 15) is 9.90 Å². The lowest BCUT2D eigenvalue weighted by molar-refractivity contribution is -0.137. The summed E-state index contributed by atoms with van der Waals surface area (Å²) in [6.07, 6.45) is 13.2. The highest BCUT2D eigenvalue weighted by Crippen LogP contribution is 2.44. The topological polar surface area (TPSA) is 66.8 Å². The van der Waals surface area contributed by atoms with Crippen LogP contribution in [0.25, 0.3) is 0 Å². The number of fused-ring (bicyclic) bond motifs is 2. The van der Waals surface area contributed by atoms with E-state index in [-0.39, 0.29) is 18.4 Å². The van der Waals surface area contributed by atoms with Crippen molar-refractivity contribution in [3.8, 4) is 11.8 Å². The Bertz CT molecular complexity index is 502. The van der Waals surface area contributed by atoms with Crippen LogP contribution in [-0.4, -0.2) is 34.5 Å². The van der Waals surface area contributed by atoms with Gasteiger partial charge in [0, 0.05) is 12.3 Å². The Hall–Kier alpha value is -1.31. The average molecular weight is 348 g/mol. The zero-order chi connectivity index (χ0) is 18.1. The molecule has 2 aliphatic rings. The second-order valence-corrected chi connectivity index (χ2v) is 7.27. The van der Waals surface area contributed by atoms with Gasteiger partial charge in [0.25, 0.3) is 0 Å². The van der Waals surface area contributed by atoms with Gasteiger partial charge in [0.2, 0.25) is 0 Å². The van der Waals surface area contributed by atoms with Crippen molar-refractivity contribution in [2.24, 2.45) is 11.8 Å². The third-order valence-electron chi connectivity index (χ3n) is 5.26. The summed E-state index contributed by atoms with van der Waals surface area (Å²) < 4.78 is 6.04. The summed E-state index contributed by atoms with van der Waals surface area (Å²) in [5.74, 6) is 6.28. The lowest BCUT2D eigenvalue weighted by atomic mass is 9.77. The molecule has 5 atom stereocenters. The van der Waals surface area contributed by atoms with E-state index in [0.29, 0.717) is 18.4 Å². The van der Waals surface area contributed by atoms with Crippen LogP contribution in [0.5, 0.6) is 0 Å². The largest absolute Gasteiger partial charge is 0.481 e. The molecular formula is C21H32O4. The van der Waals surface area contributed by atoms with E-state index in [1.807, 2.05) is 0 Å². The molecule has 0 radical (unpaired) electrons. The number of unbranched alkanes of at least 4 members (excludes halogenated alkanes) is 3. The van der Waals surface area contributed by atoms with E-state index in [2.05, 4.69) is 30.9 Å². The maximum atomic E-state index is 10.5. The molecule has 140 valence electrons. The number of carboxylic acids is 1. The van der Waals surface area contributed by atoms with Crippen molar-refractivity contribution < 1.29 is 19.7 Å². The monoisotopic (exact) mass is 348 g/mol. The highest BCUT2D eigenvalue weighted by Gasteiger charge is 2.47. The first kappa shape index (κ1) is 20.0. The van der Waals surface area contributed by atoms with Gasteiger partial charge in [0.1, 0.15) is 6.10 Å². The normalized spacial score (nSPS) is 28.9. The summed E-state index contributed by atoms with van der Waals surface area (Å²) in [6.45, 7) is 2.16. The highest BCUT2D eigenvalue weighted by atomic mass is 16.5. The summed E-state index contributed by atoms with van der Waals surface area (Å²) in [5.41, 5.74) is 0. The SMILES string of the molecule is CCCCCC(O)C#C[C@H]1[C@H](CC=CCCCC(=O)O)[C@H]2CC[C@@H]1O2. The minimum Gasteiger partial charge on any atom is -0.481 e. The van der Waals surface area contributed by atoms with Crippen LogP contribution in [0.1, 0.15) is 71.1 Å². The Balaban J connectivity index is 1.80. The van der Waals surface area contributed by atoms with Gasteiger partial charge in [-0.25, -0.2) is 0 Å². The van der Waals surface area contributed by atoms with Gasteiger partial charge in [0.05, 0.1) is 18.1 Å². The molecule has 0 amide bonds. The smallest absolute Gasteiger partial charge is 0.303 e. The molecule has 0 spiro atoms. The number of carbonyl (C=O) groups is 1. The van der Waals surface area contributed by atoms with Gasteiger partial charge >= 0.3 is 5.97 Å². The van der Waals surface area contributed by atoms with Gasteiger partial charge in [-0.05, 0) is 44.9 Å². The number of aliphatic hydroxyl groups is 1. The van der Waals surface area contributed by atoms with Crippen LogP contribution in [0.2, 0.25) is 0 Å². The van der Waals surface area contributed by atoms with Gasteiger partial charge in [-0.2, -0.15) is 0 Å². The van der Waals surface area contributed by atoms with E-state index in [1.54, 1.807) is 0 Å². The molecule has 2 fully saturated rings. The van der Waals surface area contributed by atoms with Crippen molar-refractivity contribution >= 4 is 5.97 Å². The second kappa shape index (κ2) is 10.6. The summed E-state index contributed by atoms with van der Waals surface area (Å²) in [4.78, 5) is 10.5. The molecular weight excluding hydrogens is 316 g/mol. The standard InChI is InChI=1S/C21H32O4/c1-2-3-6-9-16(22)12-13-18-17(19-14-15-20(18)25-19)10-7-4-5-8-11-21(23)24/h4,7,16-20,22H,2-3,5-6,8-11,14-15H2,1H3,(H,23,24)/t16?,17-,18-,19+,20-/m0/s1. The lowest BCUT2D eigenvalue weighted by Gasteiger charge is -2.23. The molecule has 2 bridgehead atoms. The molecule has 0 aliphatic carbocycles. The van der Waals surface area contributed by atoms with E-state index >= 15 is 0 Å². The number of aliphatic hydroxyl groups excluding tert-OH is 1. The number of carboxylic acid groups (broad SMARTS) is 1. The Morgan fingerprint density at radius 2 is 2.04 bits per heavy atom. The van der Waals surface area contributed by atoms with Crippen molar-refractivity contribution in [1.29, 1.82) is 0 Å². The van der Waals surface area contributed by atoms with Crippen LogP contribution in [-0.2, 0) is 9.53 Å². The molecule has 4 heteroatoms. The van der Waals surface area contributed by atoms with E-state index in [1.165, 1.54) is 0 Å². The maximum Gasteiger partial charge on any atom is 0.303 e. The molecule has 0 aromatic rings. The Morgan fingerprint density at radius 3 is 2.80 bits per heavy atom. The fourth-order valence-corrected chi connectivity index (χ4v) is 3.87. The third-order valence-corrected chi connectivity index (χ3v) is 5.26. The quantitative estimate of drug-likeness (QED) is 0.357. The molecule has 2 heterocycles. The van der Waals surface area contributed by atoms with Gasteiger partial charge in [-0.1, -0.05) is 43.8 Å². The minimum atomic E-state index is -0.734. The van der Waals surface area contributed by atoms with Crippen LogP contribution in [0, 0.1) is 23.7 Å². The summed E-state index contributed by atoms with van der Waals surface area (Å²) in [7, 11) is 0. The van der Waals surface area contributed by atoms with Crippen LogP contribution in [0.4, 0.5) is 0 Å². The van der Waals surface area contributed by atoms with Crippen molar-refractivity contribution in [3.05, 3.63) is 12.2 Å². The molecule has 0 aromatic carbocycles. The minimum absolute atomic E-state index is 0.225. The lowest BCUT2D eigenvalue weighted by Crippen LogP contribution is -2.26. The molecule has 25 heavy (non-hydrogen) atoms. The van der Waals surface area contributed by atoms with Gasteiger partial charge in [-0.15, -0.1) is 0 Å². The van der Waals surface area contributed by atoms with E-state index in [4.69, 9.17) is 9.84 Å². The zero-order valence-electron chi connectivity index (χ0n) is 15.3. The number of hydrogen-bond acceptors (Lipinski definition) is 3. The van der Waals surface area contributed by atoms with Crippen molar-refractivity contribution in [2.45, 2.75) is 89.4 Å². The van der Waals surface area contributed by atoms with Crippen molar-refractivity contribution in [1.82, 2.24) is 0 Å². The number of rotatable bonds is 10. The molecule has 2 aliphatic heterocycles. The van der Waals surface area contributed by atoms with Crippen molar-refractivity contribution in [3.63, 3.8) is 0 Å². The predicted molar refractivity (Wildman–Crippen MR) is 98.0 cm³/mol. The Labute approximate surface area is 151 Å². The van der Waals surface area contributed by atoms with Crippen molar-refractivity contribution in [2.75, 3.05) is 0 Å². The number of hydrogen-bond donors (Lipinski definition) is 2. The molecule has 0 aromatic heterocycles. The highest BCUT2D eigenvalue weighted by molar-refractivity contribution is 5.66. The number of ether oxygens (including phenoxy) is 1. The van der Waals surface area contributed by atoms with E-state index in [0.717, 1.165) is 51.4 Å². The summed E-state index contributed by atoms with van der Waals surface area (Å²) >= 11 is 0. The Morgan fingerprint density at radius 1 is 1.24 bits per heavy atom. The molecule has 1 unspecified atom stereocenters. The van der Waals surface area contributed by atoms with Crippen LogP contribution < -0.4 is 0 Å².